The molecule has 0 aromatic rings. The van der Waals surface area contributed by atoms with E-state index < -0.39 is 17.4 Å². The van der Waals surface area contributed by atoms with Crippen molar-refractivity contribution in [3.63, 3.8) is 0 Å². The first-order chi connectivity index (χ1) is 5.51. The number of Topliss-reactive ketones (excluding diaryl/α,β-unsaturated/α-hetero) is 1. The number of rotatable bonds is 5. The fraction of sp³-hybridized carbons (Fsp3) is 0.667. The molecule has 0 aromatic carbocycles. The van der Waals surface area contributed by atoms with Gasteiger partial charge in [0, 0.05) is 13.1 Å². The van der Waals surface area contributed by atoms with Crippen molar-refractivity contribution in [1.82, 2.24) is 0 Å². The third-order valence-electron chi connectivity index (χ3n) is 1.53. The minimum absolute atomic E-state index is 0.0700. The standard InChI is InChI=1S/C6H13N4O2/c7-1-4(9)5(12)6(10,2-8)3-11/h4H,1-2,7-10H2. The van der Waals surface area contributed by atoms with Gasteiger partial charge < -0.3 is 22.9 Å². The van der Waals surface area contributed by atoms with E-state index in [4.69, 9.17) is 22.9 Å². The van der Waals surface area contributed by atoms with Crippen LogP contribution in [0.4, 0.5) is 0 Å². The molecule has 2 atom stereocenters. The molecule has 0 heterocycles. The average Bonchev–Trinajstić information content (AvgIpc) is 2.14. The summed E-state index contributed by atoms with van der Waals surface area (Å²) in [5.41, 5.74) is 19.0. The van der Waals surface area contributed by atoms with Crippen LogP contribution in [0.1, 0.15) is 0 Å². The first-order valence-corrected chi connectivity index (χ1v) is 3.40. The highest BCUT2D eigenvalue weighted by Crippen LogP contribution is 1.98. The molecule has 0 saturated heterocycles. The van der Waals surface area contributed by atoms with Crippen LogP contribution in [0.15, 0.2) is 0 Å². The van der Waals surface area contributed by atoms with Crippen molar-refractivity contribution >= 4 is 12.1 Å². The molecular formula is C6H13N4O2. The van der Waals surface area contributed by atoms with E-state index in [2.05, 4.69) is 0 Å². The minimum atomic E-state index is -1.81. The van der Waals surface area contributed by atoms with Crippen molar-refractivity contribution in [3.8, 4) is 0 Å². The summed E-state index contributed by atoms with van der Waals surface area (Å²) < 4.78 is 0. The van der Waals surface area contributed by atoms with Crippen LogP contribution in [0.2, 0.25) is 0 Å². The monoisotopic (exact) mass is 173 g/mol. The zero-order chi connectivity index (χ0) is 9.78. The maximum atomic E-state index is 11.2. The van der Waals surface area contributed by atoms with Crippen LogP contribution in [0.25, 0.3) is 0 Å². The second kappa shape index (κ2) is 4.27. The van der Waals surface area contributed by atoms with Gasteiger partial charge in [0.2, 0.25) is 6.29 Å². The molecule has 0 bridgehead atoms. The highest BCUT2D eigenvalue weighted by molar-refractivity contribution is 6.06. The SMILES string of the molecule is NCC(N)C(=O)C(N)([C]=O)CN. The molecule has 1 radical (unpaired) electrons. The molecule has 6 heteroatoms. The van der Waals surface area contributed by atoms with Gasteiger partial charge in [-0.1, -0.05) is 0 Å². The summed E-state index contributed by atoms with van der Waals surface area (Å²) in [6.45, 7) is -0.386. The van der Waals surface area contributed by atoms with E-state index in [0.29, 0.717) is 0 Å². The molecule has 0 aliphatic rings. The van der Waals surface area contributed by atoms with Crippen molar-refractivity contribution < 1.29 is 9.59 Å². The number of ketones is 1. The van der Waals surface area contributed by atoms with Crippen LogP contribution in [0.3, 0.4) is 0 Å². The van der Waals surface area contributed by atoms with Gasteiger partial charge in [0.05, 0.1) is 6.04 Å². The Labute approximate surface area is 70.2 Å². The van der Waals surface area contributed by atoms with Gasteiger partial charge in [-0.2, -0.15) is 0 Å². The van der Waals surface area contributed by atoms with Crippen LogP contribution >= 0.6 is 0 Å². The molecule has 2 unspecified atom stereocenters. The highest BCUT2D eigenvalue weighted by Gasteiger charge is 2.36. The summed E-state index contributed by atoms with van der Waals surface area (Å²) in [7, 11) is 0. The van der Waals surface area contributed by atoms with Gasteiger partial charge in [-0.25, -0.2) is 0 Å². The van der Waals surface area contributed by atoms with E-state index in [1.54, 1.807) is 0 Å². The normalized spacial score (nSPS) is 18.0. The Balaban J connectivity index is 4.52. The topological polar surface area (TPSA) is 138 Å². The lowest BCUT2D eigenvalue weighted by Gasteiger charge is -2.21. The lowest BCUT2D eigenvalue weighted by Crippen LogP contribution is -2.62. The molecule has 69 valence electrons. The molecule has 12 heavy (non-hydrogen) atoms. The van der Waals surface area contributed by atoms with E-state index >= 15 is 0 Å². The maximum Gasteiger partial charge on any atom is 0.229 e. The summed E-state index contributed by atoms with van der Waals surface area (Å²) in [6.07, 6.45) is 1.36. The quantitative estimate of drug-likeness (QED) is 0.320. The molecule has 0 aliphatic carbocycles. The molecule has 0 rings (SSSR count). The second-order valence-electron chi connectivity index (χ2n) is 2.48. The molecular weight excluding hydrogens is 160 g/mol. The van der Waals surface area contributed by atoms with Crippen LogP contribution < -0.4 is 22.9 Å². The van der Waals surface area contributed by atoms with Crippen molar-refractivity contribution in [1.29, 1.82) is 0 Å². The zero-order valence-corrected chi connectivity index (χ0v) is 6.62. The van der Waals surface area contributed by atoms with Gasteiger partial charge in [0.15, 0.2) is 11.3 Å². The van der Waals surface area contributed by atoms with Gasteiger partial charge in [-0.05, 0) is 0 Å². The second-order valence-corrected chi connectivity index (χ2v) is 2.48. The Hall–Kier alpha value is -0.820. The van der Waals surface area contributed by atoms with Gasteiger partial charge >= 0.3 is 0 Å². The largest absolute Gasteiger partial charge is 0.328 e. The number of carbonyl (C=O) groups is 1. The molecule has 0 fully saturated rings. The fourth-order valence-corrected chi connectivity index (χ4v) is 0.630. The average molecular weight is 173 g/mol. The first kappa shape index (κ1) is 11.2. The molecule has 0 aromatic heterocycles. The molecule has 6 nitrogen and oxygen atoms in total. The minimum Gasteiger partial charge on any atom is -0.328 e. The summed E-state index contributed by atoms with van der Waals surface area (Å²) >= 11 is 0. The van der Waals surface area contributed by atoms with E-state index in [1.165, 1.54) is 6.29 Å². The molecule has 0 spiro atoms. The lowest BCUT2D eigenvalue weighted by atomic mass is 9.92. The van der Waals surface area contributed by atoms with Gasteiger partial charge in [-0.15, -0.1) is 0 Å². The summed E-state index contributed by atoms with van der Waals surface area (Å²) in [6, 6.07) is -0.958. The maximum absolute atomic E-state index is 11.2. The van der Waals surface area contributed by atoms with Crippen molar-refractivity contribution in [3.05, 3.63) is 0 Å². The predicted octanol–water partition coefficient (Wildman–Crippen LogP) is -3.39. The molecule has 8 N–H and O–H groups in total. The number of hydrogen-bond acceptors (Lipinski definition) is 6. The lowest BCUT2D eigenvalue weighted by molar-refractivity contribution is -0.122. The highest BCUT2D eigenvalue weighted by atomic mass is 16.1. The Morgan fingerprint density at radius 3 is 2.25 bits per heavy atom. The Morgan fingerprint density at radius 1 is 1.50 bits per heavy atom. The fourth-order valence-electron chi connectivity index (χ4n) is 0.630. The van der Waals surface area contributed by atoms with Crippen molar-refractivity contribution in [2.75, 3.05) is 13.1 Å². The van der Waals surface area contributed by atoms with Gasteiger partial charge in [0.1, 0.15) is 0 Å². The van der Waals surface area contributed by atoms with E-state index in [9.17, 15) is 9.59 Å². The molecule has 0 amide bonds. The zero-order valence-electron chi connectivity index (χ0n) is 6.62. The number of nitrogens with two attached hydrogens (primary N) is 4. The van der Waals surface area contributed by atoms with Crippen LogP contribution in [-0.2, 0) is 9.59 Å². The van der Waals surface area contributed by atoms with E-state index in [-0.39, 0.29) is 13.1 Å². The summed E-state index contributed by atoms with van der Waals surface area (Å²) in [5.74, 6) is -0.678. The smallest absolute Gasteiger partial charge is 0.229 e. The Bertz CT molecular complexity index is 184. The molecule has 0 saturated carbocycles. The third kappa shape index (κ3) is 2.08. The number of carbonyl (C=O) groups excluding carboxylic acids is 2. The van der Waals surface area contributed by atoms with Crippen molar-refractivity contribution in [2.45, 2.75) is 11.6 Å². The third-order valence-corrected chi connectivity index (χ3v) is 1.53. The predicted molar refractivity (Wildman–Crippen MR) is 43.7 cm³/mol. The van der Waals surface area contributed by atoms with Gasteiger partial charge in [-0.3, -0.25) is 9.59 Å². The summed E-state index contributed by atoms with van der Waals surface area (Å²) in [5, 5.41) is 0. The Morgan fingerprint density at radius 2 is 2.00 bits per heavy atom. The van der Waals surface area contributed by atoms with E-state index in [0.717, 1.165) is 0 Å². The van der Waals surface area contributed by atoms with Gasteiger partial charge in [0.25, 0.3) is 0 Å². The van der Waals surface area contributed by atoms with Crippen LogP contribution in [0, 0.1) is 0 Å². The van der Waals surface area contributed by atoms with Crippen LogP contribution in [0.5, 0.6) is 0 Å². The molecule has 0 aliphatic heterocycles. The van der Waals surface area contributed by atoms with Crippen LogP contribution in [-0.4, -0.2) is 36.7 Å². The van der Waals surface area contributed by atoms with E-state index in [1.807, 2.05) is 0 Å². The number of hydrogen-bond donors (Lipinski definition) is 4. The van der Waals surface area contributed by atoms with Crippen molar-refractivity contribution in [2.24, 2.45) is 22.9 Å². The first-order valence-electron chi connectivity index (χ1n) is 3.40. The summed E-state index contributed by atoms with van der Waals surface area (Å²) in [4.78, 5) is 21.5. The Kier molecular flexibility index (Phi) is 3.98.